The van der Waals surface area contributed by atoms with Gasteiger partial charge in [-0.05, 0) is 135 Å². The molecule has 3 aromatic rings. The summed E-state index contributed by atoms with van der Waals surface area (Å²) in [4.78, 5) is 12.7. The van der Waals surface area contributed by atoms with Crippen molar-refractivity contribution in [3.8, 4) is 23.0 Å². The highest BCUT2D eigenvalue weighted by Gasteiger charge is 2.57. The van der Waals surface area contributed by atoms with Gasteiger partial charge in [0.15, 0.2) is 13.7 Å². The van der Waals surface area contributed by atoms with Crippen molar-refractivity contribution in [2.24, 2.45) is 23.7 Å². The molecule has 5 nitrogen and oxygen atoms in total. The predicted molar refractivity (Wildman–Crippen MR) is 140 cm³/mol. The first-order chi connectivity index (χ1) is 18.5. The highest BCUT2D eigenvalue weighted by Crippen LogP contribution is 2.59. The van der Waals surface area contributed by atoms with Gasteiger partial charge in [0.1, 0.15) is 28.6 Å². The number of esters is 1. The van der Waals surface area contributed by atoms with Gasteiger partial charge < -0.3 is 18.9 Å². The monoisotopic (exact) mass is 625 g/mol. The second kappa shape index (κ2) is 10.8. The largest absolute Gasteiger partial charge is 0.497 e. The summed E-state index contributed by atoms with van der Waals surface area (Å²) in [7, 11) is 1.68. The van der Waals surface area contributed by atoms with Crippen molar-refractivity contribution >= 4 is 5.97 Å². The molecule has 0 unspecified atom stereocenters. The number of ether oxygens (including phenoxy) is 4. The van der Waals surface area contributed by atoms with Crippen molar-refractivity contribution in [3.05, 3.63) is 79.9 Å². The average molecular weight is 626 g/mol. The van der Waals surface area contributed by atoms with Crippen molar-refractivity contribution in [3.63, 3.8) is 0 Å². The van der Waals surface area contributed by atoms with Crippen molar-refractivity contribution in [2.75, 3.05) is 13.7 Å². The number of carbonyl (C=O) groups excluding carboxylic acids is 1. The van der Waals surface area contributed by atoms with Crippen LogP contribution in [-0.2, 0) is 9.53 Å². The van der Waals surface area contributed by atoms with Crippen LogP contribution in [-0.4, -0.2) is 25.3 Å². The maximum Gasteiger partial charge on any atom is 0.357 e. The summed E-state index contributed by atoms with van der Waals surface area (Å²) in [6.45, 7) is 2.10. The van der Waals surface area contributed by atoms with Crippen molar-refractivity contribution < 1.29 is 44.9 Å². The fourth-order valence-corrected chi connectivity index (χ4v) is 8.93. The Morgan fingerprint density at radius 3 is 1.74 bits per heavy atom. The Balaban J connectivity index is 0.983. The lowest BCUT2D eigenvalue weighted by Crippen LogP contribution is -3.61. The molecule has 0 atom stereocenters. The van der Waals surface area contributed by atoms with Gasteiger partial charge in [0, 0.05) is 0 Å². The lowest BCUT2D eigenvalue weighted by Gasteiger charge is -2.59. The van der Waals surface area contributed by atoms with E-state index in [0.717, 1.165) is 29.1 Å². The molecule has 0 amide bonds. The zero-order chi connectivity index (χ0) is 26.1. The topological polar surface area (TPSA) is 54.0 Å². The van der Waals surface area contributed by atoms with Crippen LogP contribution in [0.2, 0.25) is 0 Å². The van der Waals surface area contributed by atoms with Gasteiger partial charge in [0.2, 0.25) is 0 Å². The molecule has 38 heavy (non-hydrogen) atoms. The zero-order valence-electron chi connectivity index (χ0n) is 21.9. The predicted octanol–water partition coefficient (Wildman–Crippen LogP) is 3.75. The summed E-state index contributed by atoms with van der Waals surface area (Å²) in [5.74, 6) is 5.47. The van der Waals surface area contributed by atoms with Crippen LogP contribution in [0.1, 0.15) is 39.0 Å². The van der Waals surface area contributed by atoms with E-state index in [1.807, 2.05) is 48.5 Å². The molecule has 4 aliphatic carbocycles. The maximum atomic E-state index is 12.7. The number of benzene rings is 3. The van der Waals surface area contributed by atoms with Gasteiger partial charge in [-0.25, -0.2) is 4.79 Å². The Morgan fingerprint density at radius 2 is 1.21 bits per heavy atom. The van der Waals surface area contributed by atoms with Gasteiger partial charge in [-0.15, -0.1) is 0 Å². The zero-order valence-corrected chi connectivity index (χ0v) is 24.1. The summed E-state index contributed by atoms with van der Waals surface area (Å²) >= 11 is -0.256. The molecule has 198 valence electrons. The molecule has 0 spiro atoms. The molecule has 0 N–H and O–H groups in total. The Kier molecular flexibility index (Phi) is 7.25. The van der Waals surface area contributed by atoms with E-state index >= 15 is 0 Å². The fraction of sp³-hybridized carbons (Fsp3) is 0.406. The molecule has 0 aliphatic heterocycles. The second-order valence-corrected chi connectivity index (χ2v) is 14.1. The molecular formula is C32H34IO5+. The van der Waals surface area contributed by atoms with Gasteiger partial charge in [-0.2, -0.15) is 0 Å². The molecule has 4 aliphatic rings. The summed E-state index contributed by atoms with van der Waals surface area (Å²) in [6.07, 6.45) is 6.24. The molecule has 7 rings (SSSR count). The lowest BCUT2D eigenvalue weighted by molar-refractivity contribution is -0.597. The van der Waals surface area contributed by atoms with E-state index in [1.165, 1.54) is 39.2 Å². The molecule has 4 saturated carbocycles. The average Bonchev–Trinajstić information content (AvgIpc) is 2.93. The number of methoxy groups -OCH3 is 1. The van der Waals surface area contributed by atoms with Crippen molar-refractivity contribution in [2.45, 2.75) is 44.6 Å². The first-order valence-corrected chi connectivity index (χ1v) is 15.6. The number of hydrogen-bond donors (Lipinski definition) is 0. The van der Waals surface area contributed by atoms with E-state index in [4.69, 9.17) is 18.9 Å². The van der Waals surface area contributed by atoms with E-state index in [-0.39, 0.29) is 39.4 Å². The molecule has 3 aromatic carbocycles. The fourth-order valence-electron chi connectivity index (χ4n) is 6.77. The summed E-state index contributed by atoms with van der Waals surface area (Å²) in [5.41, 5.74) is -0.322. The first-order valence-electron chi connectivity index (χ1n) is 13.5. The number of halogens is 1. The third-order valence-corrected chi connectivity index (χ3v) is 11.3. The van der Waals surface area contributed by atoms with Crippen molar-refractivity contribution in [1.29, 1.82) is 0 Å². The molecule has 0 aromatic heterocycles. The Bertz CT molecular complexity index is 1220. The van der Waals surface area contributed by atoms with E-state index in [0.29, 0.717) is 17.6 Å². The number of rotatable bonds is 9. The van der Waals surface area contributed by atoms with E-state index < -0.39 is 0 Å². The minimum absolute atomic E-state index is 0.0686. The lowest BCUT2D eigenvalue weighted by atomic mass is 9.50. The third kappa shape index (κ3) is 5.51. The van der Waals surface area contributed by atoms with Gasteiger partial charge in [0.25, 0.3) is 0 Å². The molecule has 0 heterocycles. The first kappa shape index (κ1) is 25.5. The van der Waals surface area contributed by atoms with Crippen LogP contribution in [0.15, 0.2) is 72.8 Å². The SMILES string of the molecule is COc1ccc([I+]c2ccc(Oc3ccc(OCC(=O)OC4(C)C5CC6CC(C5)CC4C6)cc3)cc2)cc1. The molecule has 4 bridgehead atoms. The Morgan fingerprint density at radius 1 is 0.737 bits per heavy atom. The van der Waals surface area contributed by atoms with Crippen LogP contribution < -0.4 is 35.4 Å². The number of hydrogen-bond acceptors (Lipinski definition) is 5. The third-order valence-electron chi connectivity index (χ3n) is 8.59. The Hall–Kier alpha value is -2.74. The Labute approximate surface area is 235 Å². The van der Waals surface area contributed by atoms with Crippen LogP contribution >= 0.6 is 0 Å². The quantitative estimate of drug-likeness (QED) is 0.268. The minimum Gasteiger partial charge on any atom is -0.497 e. The second-order valence-electron chi connectivity index (χ2n) is 11.0. The summed E-state index contributed by atoms with van der Waals surface area (Å²) in [6, 6.07) is 23.9. The van der Waals surface area contributed by atoms with Crippen LogP contribution in [0.5, 0.6) is 23.0 Å². The van der Waals surface area contributed by atoms with E-state index in [2.05, 4.69) is 31.2 Å². The normalized spacial score (nSPS) is 27.1. The van der Waals surface area contributed by atoms with Crippen LogP contribution in [0.3, 0.4) is 0 Å². The van der Waals surface area contributed by atoms with Crippen molar-refractivity contribution in [1.82, 2.24) is 0 Å². The van der Waals surface area contributed by atoms with E-state index in [9.17, 15) is 4.79 Å². The summed E-state index contributed by atoms with van der Waals surface area (Å²) < 4.78 is 25.8. The smallest absolute Gasteiger partial charge is 0.357 e. The maximum absolute atomic E-state index is 12.7. The minimum atomic E-state index is -0.322. The van der Waals surface area contributed by atoms with Gasteiger partial charge >= 0.3 is 27.2 Å². The number of carbonyl (C=O) groups is 1. The molecule has 0 radical (unpaired) electrons. The highest BCUT2D eigenvalue weighted by atomic mass is 127. The van der Waals surface area contributed by atoms with Crippen LogP contribution in [0.25, 0.3) is 0 Å². The summed E-state index contributed by atoms with van der Waals surface area (Å²) in [5, 5.41) is 0. The molecule has 4 fully saturated rings. The van der Waals surface area contributed by atoms with Crippen LogP contribution in [0.4, 0.5) is 0 Å². The molecule has 0 saturated heterocycles. The van der Waals surface area contributed by atoms with Crippen LogP contribution in [0, 0.1) is 30.8 Å². The molecular weight excluding hydrogens is 591 g/mol. The van der Waals surface area contributed by atoms with Gasteiger partial charge in [0.05, 0.1) is 7.11 Å². The standard InChI is InChI=1S/C32H34IO5/c1-32(23-16-21-15-22(18-23)19-24(32)17-21)38-31(34)20-36-28-11-13-30(14-12-28)37-29-9-5-26(6-10-29)33-25-3-7-27(35-2)8-4-25/h3-14,21-24H,15-20H2,1-2H3/q+1. The van der Waals surface area contributed by atoms with Gasteiger partial charge in [-0.1, -0.05) is 0 Å². The van der Waals surface area contributed by atoms with E-state index in [1.54, 1.807) is 7.11 Å². The van der Waals surface area contributed by atoms with Gasteiger partial charge in [-0.3, -0.25) is 0 Å². The molecule has 6 heteroatoms. The highest BCUT2D eigenvalue weighted by molar-refractivity contribution is 5.71.